The maximum atomic E-state index is 6.00. The van der Waals surface area contributed by atoms with E-state index in [2.05, 4.69) is 55.4 Å². The molecule has 0 saturated heterocycles. The number of anilines is 1. The van der Waals surface area contributed by atoms with E-state index < -0.39 is 0 Å². The predicted molar refractivity (Wildman–Crippen MR) is 85.9 cm³/mol. The minimum absolute atomic E-state index is 0.424. The van der Waals surface area contributed by atoms with Gasteiger partial charge in [0, 0.05) is 5.56 Å². The number of aromatic nitrogens is 1. The second-order valence-corrected chi connectivity index (χ2v) is 5.19. The number of benzene rings is 2. The van der Waals surface area contributed by atoms with E-state index in [1.807, 2.05) is 12.1 Å². The van der Waals surface area contributed by atoms with Gasteiger partial charge in [0.2, 0.25) is 0 Å². The third-order valence-corrected chi connectivity index (χ3v) is 3.68. The third kappa shape index (κ3) is 2.55. The van der Waals surface area contributed by atoms with Crippen LogP contribution in [-0.4, -0.2) is 5.16 Å². The lowest BCUT2D eigenvalue weighted by Crippen LogP contribution is -1.89. The largest absolute Gasteiger partial charge is 0.380 e. The zero-order valence-electron chi connectivity index (χ0n) is 12.3. The molecule has 0 atom stereocenters. The molecule has 3 rings (SSSR count). The van der Waals surface area contributed by atoms with E-state index in [0.29, 0.717) is 5.82 Å². The van der Waals surface area contributed by atoms with Crippen molar-refractivity contribution in [3.63, 3.8) is 0 Å². The second-order valence-electron chi connectivity index (χ2n) is 5.19. The van der Waals surface area contributed by atoms with Crippen molar-refractivity contribution >= 4 is 5.82 Å². The van der Waals surface area contributed by atoms with Crippen molar-refractivity contribution < 1.29 is 4.52 Å². The first kappa shape index (κ1) is 13.4. The van der Waals surface area contributed by atoms with Crippen LogP contribution in [0, 0.1) is 6.92 Å². The Balaban J connectivity index is 2.09. The van der Waals surface area contributed by atoms with Gasteiger partial charge in [-0.25, -0.2) is 0 Å². The van der Waals surface area contributed by atoms with Gasteiger partial charge in [0.15, 0.2) is 11.6 Å². The van der Waals surface area contributed by atoms with Crippen LogP contribution in [-0.2, 0) is 6.42 Å². The van der Waals surface area contributed by atoms with E-state index in [0.717, 1.165) is 28.9 Å². The Labute approximate surface area is 124 Å². The molecule has 2 aromatic carbocycles. The molecular weight excluding hydrogens is 260 g/mol. The van der Waals surface area contributed by atoms with Crippen molar-refractivity contribution in [2.75, 3.05) is 5.73 Å². The van der Waals surface area contributed by atoms with E-state index >= 15 is 0 Å². The molecule has 3 heteroatoms. The Morgan fingerprint density at radius 3 is 2.19 bits per heavy atom. The van der Waals surface area contributed by atoms with Crippen LogP contribution in [0.1, 0.15) is 18.1 Å². The molecule has 0 amide bonds. The average molecular weight is 278 g/mol. The summed E-state index contributed by atoms with van der Waals surface area (Å²) in [5.41, 5.74) is 11.4. The maximum Gasteiger partial charge on any atom is 0.176 e. The van der Waals surface area contributed by atoms with E-state index in [1.54, 1.807) is 0 Å². The van der Waals surface area contributed by atoms with Crippen LogP contribution < -0.4 is 5.73 Å². The zero-order chi connectivity index (χ0) is 14.8. The highest BCUT2D eigenvalue weighted by molar-refractivity contribution is 5.86. The van der Waals surface area contributed by atoms with E-state index in [4.69, 9.17) is 10.3 Å². The summed E-state index contributed by atoms with van der Waals surface area (Å²) >= 11 is 0. The van der Waals surface area contributed by atoms with Gasteiger partial charge in [0.1, 0.15) is 0 Å². The van der Waals surface area contributed by atoms with Crippen molar-refractivity contribution in [1.29, 1.82) is 0 Å². The van der Waals surface area contributed by atoms with E-state index in [1.165, 1.54) is 11.1 Å². The molecule has 0 fully saturated rings. The maximum absolute atomic E-state index is 6.00. The van der Waals surface area contributed by atoms with Crippen molar-refractivity contribution in [2.24, 2.45) is 0 Å². The van der Waals surface area contributed by atoms with Crippen LogP contribution in [0.25, 0.3) is 22.5 Å². The average Bonchev–Trinajstić information content (AvgIpc) is 2.90. The molecule has 0 aliphatic rings. The highest BCUT2D eigenvalue weighted by atomic mass is 16.5. The molecule has 21 heavy (non-hydrogen) atoms. The number of nitrogens with zero attached hydrogens (tertiary/aromatic N) is 1. The Morgan fingerprint density at radius 2 is 1.57 bits per heavy atom. The number of aryl methyl sites for hydroxylation is 2. The van der Waals surface area contributed by atoms with Crippen LogP contribution >= 0.6 is 0 Å². The normalized spacial score (nSPS) is 10.8. The fraction of sp³-hybridized carbons (Fsp3) is 0.167. The van der Waals surface area contributed by atoms with E-state index in [-0.39, 0.29) is 0 Å². The number of rotatable bonds is 3. The summed E-state index contributed by atoms with van der Waals surface area (Å²) in [6, 6.07) is 16.5. The van der Waals surface area contributed by atoms with Gasteiger partial charge in [0.05, 0.1) is 5.56 Å². The van der Waals surface area contributed by atoms with Crippen molar-refractivity contribution in [3.8, 4) is 22.5 Å². The monoisotopic (exact) mass is 278 g/mol. The number of nitrogens with two attached hydrogens (primary N) is 1. The molecule has 0 aliphatic heterocycles. The van der Waals surface area contributed by atoms with Crippen molar-refractivity contribution in [1.82, 2.24) is 5.16 Å². The summed E-state index contributed by atoms with van der Waals surface area (Å²) in [7, 11) is 0. The van der Waals surface area contributed by atoms with Gasteiger partial charge in [-0.05, 0) is 24.5 Å². The smallest absolute Gasteiger partial charge is 0.176 e. The lowest BCUT2D eigenvalue weighted by molar-refractivity contribution is 0.436. The van der Waals surface area contributed by atoms with Gasteiger partial charge < -0.3 is 10.3 Å². The van der Waals surface area contributed by atoms with E-state index in [9.17, 15) is 0 Å². The molecule has 1 heterocycles. The molecule has 2 N–H and O–H groups in total. The molecular formula is C18H18N2O. The first-order chi connectivity index (χ1) is 10.2. The van der Waals surface area contributed by atoms with Crippen molar-refractivity contribution in [3.05, 3.63) is 59.7 Å². The van der Waals surface area contributed by atoms with Gasteiger partial charge >= 0.3 is 0 Å². The fourth-order valence-electron chi connectivity index (χ4n) is 2.39. The number of hydrogen-bond donors (Lipinski definition) is 1. The number of hydrogen-bond acceptors (Lipinski definition) is 3. The van der Waals surface area contributed by atoms with Gasteiger partial charge in [-0.2, -0.15) is 0 Å². The molecule has 3 aromatic rings. The van der Waals surface area contributed by atoms with Crippen molar-refractivity contribution in [2.45, 2.75) is 20.3 Å². The summed E-state index contributed by atoms with van der Waals surface area (Å²) in [5, 5.41) is 3.94. The van der Waals surface area contributed by atoms with Crippen LogP contribution in [0.4, 0.5) is 5.82 Å². The summed E-state index contributed by atoms with van der Waals surface area (Å²) in [6.45, 7) is 4.20. The SMILES string of the molecule is CCc1ccc(-c2onc(N)c2-c2ccc(C)cc2)cc1. The first-order valence-corrected chi connectivity index (χ1v) is 7.10. The lowest BCUT2D eigenvalue weighted by atomic mass is 9.99. The molecule has 0 spiro atoms. The Hall–Kier alpha value is -2.55. The van der Waals surface area contributed by atoms with Crippen LogP contribution in [0.15, 0.2) is 53.1 Å². The van der Waals surface area contributed by atoms with Gasteiger partial charge in [-0.15, -0.1) is 0 Å². The highest BCUT2D eigenvalue weighted by Gasteiger charge is 2.17. The van der Waals surface area contributed by atoms with Crippen LogP contribution in [0.2, 0.25) is 0 Å². The molecule has 0 bridgehead atoms. The summed E-state index contributed by atoms with van der Waals surface area (Å²) in [6.07, 6.45) is 1.02. The Morgan fingerprint density at radius 1 is 0.952 bits per heavy atom. The molecule has 3 nitrogen and oxygen atoms in total. The molecule has 1 aromatic heterocycles. The predicted octanol–water partition coefficient (Wildman–Crippen LogP) is 4.46. The first-order valence-electron chi connectivity index (χ1n) is 7.10. The Bertz CT molecular complexity index is 740. The molecule has 0 radical (unpaired) electrons. The molecule has 106 valence electrons. The standard InChI is InChI=1S/C18H18N2O/c1-3-13-6-10-15(11-7-13)17-16(18(19)20-21-17)14-8-4-12(2)5-9-14/h4-11H,3H2,1-2H3,(H2,19,20). The number of nitrogen functional groups attached to an aromatic ring is 1. The summed E-state index contributed by atoms with van der Waals surface area (Å²) in [4.78, 5) is 0. The lowest BCUT2D eigenvalue weighted by Gasteiger charge is -2.04. The minimum Gasteiger partial charge on any atom is -0.380 e. The fourth-order valence-corrected chi connectivity index (χ4v) is 2.39. The van der Waals surface area contributed by atoms with Gasteiger partial charge in [-0.3, -0.25) is 0 Å². The molecule has 0 saturated carbocycles. The summed E-state index contributed by atoms with van der Waals surface area (Å²) < 4.78 is 5.46. The molecule has 0 aliphatic carbocycles. The minimum atomic E-state index is 0.424. The quantitative estimate of drug-likeness (QED) is 0.769. The van der Waals surface area contributed by atoms with Crippen LogP contribution in [0.3, 0.4) is 0 Å². The molecule has 0 unspecified atom stereocenters. The topological polar surface area (TPSA) is 52.0 Å². The van der Waals surface area contributed by atoms with Gasteiger partial charge in [0.25, 0.3) is 0 Å². The van der Waals surface area contributed by atoms with Gasteiger partial charge in [-0.1, -0.05) is 66.2 Å². The Kier molecular flexibility index (Phi) is 3.48. The van der Waals surface area contributed by atoms with Crippen LogP contribution in [0.5, 0.6) is 0 Å². The highest BCUT2D eigenvalue weighted by Crippen LogP contribution is 2.36. The second kappa shape index (κ2) is 5.44. The third-order valence-electron chi connectivity index (χ3n) is 3.68. The zero-order valence-corrected chi connectivity index (χ0v) is 12.3. The summed E-state index contributed by atoms with van der Waals surface area (Å²) in [5.74, 6) is 1.15.